The van der Waals surface area contributed by atoms with Crippen molar-refractivity contribution in [1.82, 2.24) is 4.90 Å². The van der Waals surface area contributed by atoms with Crippen molar-refractivity contribution in [2.45, 2.75) is 51.5 Å². The maximum Gasteiger partial charge on any atom is 0.307 e. The lowest BCUT2D eigenvalue weighted by molar-refractivity contribution is -0.141. The molecule has 17 heavy (non-hydrogen) atoms. The number of aliphatic carboxylic acids is 1. The lowest BCUT2D eigenvalue weighted by atomic mass is 10.0. The van der Waals surface area contributed by atoms with E-state index in [0.717, 1.165) is 12.8 Å². The van der Waals surface area contributed by atoms with Gasteiger partial charge in [-0.3, -0.25) is 9.69 Å². The number of hydrogen-bond acceptors (Lipinski definition) is 3. The van der Waals surface area contributed by atoms with E-state index < -0.39 is 11.9 Å². The van der Waals surface area contributed by atoms with Crippen LogP contribution in [-0.4, -0.2) is 35.1 Å². The lowest BCUT2D eigenvalue weighted by Crippen LogP contribution is -2.40. The van der Waals surface area contributed by atoms with Crippen LogP contribution in [0.15, 0.2) is 0 Å². The fourth-order valence-electron chi connectivity index (χ4n) is 2.49. The van der Waals surface area contributed by atoms with Crippen LogP contribution in [0.2, 0.25) is 0 Å². The molecule has 4 heteroatoms. The Morgan fingerprint density at radius 1 is 1.41 bits per heavy atom. The van der Waals surface area contributed by atoms with Crippen LogP contribution in [0.4, 0.5) is 0 Å². The summed E-state index contributed by atoms with van der Waals surface area (Å²) in [5, 5.41) is 17.8. The van der Waals surface area contributed by atoms with Crippen LogP contribution in [0.5, 0.6) is 0 Å². The van der Waals surface area contributed by atoms with Crippen molar-refractivity contribution in [2.75, 3.05) is 13.1 Å². The van der Waals surface area contributed by atoms with E-state index in [1.807, 2.05) is 0 Å². The SMILES string of the molecule is CC(CN(CC#N)C1CCCCCC1)C(=O)O. The van der Waals surface area contributed by atoms with Gasteiger partial charge in [0, 0.05) is 12.6 Å². The predicted molar refractivity (Wildman–Crippen MR) is 65.5 cm³/mol. The van der Waals surface area contributed by atoms with Crippen LogP contribution in [0.25, 0.3) is 0 Å². The van der Waals surface area contributed by atoms with Gasteiger partial charge in [0.05, 0.1) is 18.5 Å². The van der Waals surface area contributed by atoms with Gasteiger partial charge in [-0.05, 0) is 12.8 Å². The first-order valence-corrected chi connectivity index (χ1v) is 6.49. The molecule has 1 unspecified atom stereocenters. The van der Waals surface area contributed by atoms with Gasteiger partial charge < -0.3 is 5.11 Å². The summed E-state index contributed by atoms with van der Waals surface area (Å²) < 4.78 is 0. The summed E-state index contributed by atoms with van der Waals surface area (Å²) in [5.74, 6) is -1.17. The molecule has 4 nitrogen and oxygen atoms in total. The fraction of sp³-hybridized carbons (Fsp3) is 0.846. The van der Waals surface area contributed by atoms with E-state index in [4.69, 9.17) is 10.4 Å². The molecule has 1 saturated carbocycles. The van der Waals surface area contributed by atoms with Crippen LogP contribution in [0, 0.1) is 17.2 Å². The summed E-state index contributed by atoms with van der Waals surface area (Å²) in [6.45, 7) is 2.55. The Morgan fingerprint density at radius 3 is 2.47 bits per heavy atom. The van der Waals surface area contributed by atoms with Crippen molar-refractivity contribution >= 4 is 5.97 Å². The minimum Gasteiger partial charge on any atom is -0.481 e. The molecule has 0 spiro atoms. The molecule has 96 valence electrons. The van der Waals surface area contributed by atoms with Gasteiger partial charge >= 0.3 is 5.97 Å². The van der Waals surface area contributed by atoms with Crippen molar-refractivity contribution in [1.29, 1.82) is 5.26 Å². The summed E-state index contributed by atoms with van der Waals surface area (Å²) >= 11 is 0. The Balaban J connectivity index is 2.56. The van der Waals surface area contributed by atoms with E-state index in [9.17, 15) is 4.79 Å². The van der Waals surface area contributed by atoms with Crippen LogP contribution < -0.4 is 0 Å². The maximum atomic E-state index is 10.9. The summed E-state index contributed by atoms with van der Waals surface area (Å²) in [4.78, 5) is 12.9. The molecule has 1 fully saturated rings. The molecule has 0 aromatic rings. The lowest BCUT2D eigenvalue weighted by Gasteiger charge is -2.30. The Labute approximate surface area is 103 Å². The third-order valence-electron chi connectivity index (χ3n) is 3.54. The number of carbonyl (C=O) groups is 1. The molecule has 1 atom stereocenters. The van der Waals surface area contributed by atoms with Crippen LogP contribution in [-0.2, 0) is 4.79 Å². The van der Waals surface area contributed by atoms with Crippen molar-refractivity contribution < 1.29 is 9.90 Å². The number of carboxylic acid groups (broad SMARTS) is 1. The normalized spacial score (nSPS) is 19.6. The van der Waals surface area contributed by atoms with E-state index >= 15 is 0 Å². The largest absolute Gasteiger partial charge is 0.481 e. The standard InChI is InChI=1S/C13H22N2O2/c1-11(13(16)17)10-15(9-8-14)12-6-4-2-3-5-7-12/h11-12H,2-7,9-10H2,1H3,(H,16,17). The second kappa shape index (κ2) is 7.29. The number of nitriles is 1. The average molecular weight is 238 g/mol. The Hall–Kier alpha value is -1.08. The highest BCUT2D eigenvalue weighted by atomic mass is 16.4. The minimum atomic E-state index is -0.776. The monoisotopic (exact) mass is 238 g/mol. The predicted octanol–water partition coefficient (Wildman–Crippen LogP) is 2.26. The molecular weight excluding hydrogens is 216 g/mol. The molecule has 0 aromatic heterocycles. The van der Waals surface area contributed by atoms with Gasteiger partial charge in [-0.2, -0.15) is 5.26 Å². The molecule has 0 amide bonds. The Bertz CT molecular complexity index is 278. The van der Waals surface area contributed by atoms with Gasteiger partial charge in [0.15, 0.2) is 0 Å². The smallest absolute Gasteiger partial charge is 0.307 e. The minimum absolute atomic E-state index is 0.349. The van der Waals surface area contributed by atoms with Crippen molar-refractivity contribution in [3.05, 3.63) is 0 Å². The molecule has 1 aliphatic carbocycles. The van der Waals surface area contributed by atoms with E-state index in [-0.39, 0.29) is 0 Å². The summed E-state index contributed by atoms with van der Waals surface area (Å²) in [6.07, 6.45) is 7.15. The second-order valence-electron chi connectivity index (χ2n) is 4.97. The van der Waals surface area contributed by atoms with Gasteiger partial charge in [0.1, 0.15) is 0 Å². The molecule has 1 aliphatic rings. The zero-order valence-electron chi connectivity index (χ0n) is 10.6. The van der Waals surface area contributed by atoms with E-state index in [2.05, 4.69) is 11.0 Å². The first kappa shape index (κ1) is 14.0. The van der Waals surface area contributed by atoms with Gasteiger partial charge in [-0.25, -0.2) is 0 Å². The molecule has 0 aromatic carbocycles. The third kappa shape index (κ3) is 4.74. The average Bonchev–Trinajstić information content (AvgIpc) is 2.56. The van der Waals surface area contributed by atoms with Crippen molar-refractivity contribution in [3.8, 4) is 6.07 Å². The highest BCUT2D eigenvalue weighted by Crippen LogP contribution is 2.22. The van der Waals surface area contributed by atoms with E-state index in [1.165, 1.54) is 25.7 Å². The second-order valence-corrected chi connectivity index (χ2v) is 4.97. The maximum absolute atomic E-state index is 10.9. The highest BCUT2D eigenvalue weighted by Gasteiger charge is 2.23. The fourth-order valence-corrected chi connectivity index (χ4v) is 2.49. The molecular formula is C13H22N2O2. The first-order chi connectivity index (χ1) is 8.15. The van der Waals surface area contributed by atoms with Crippen molar-refractivity contribution in [3.63, 3.8) is 0 Å². The summed E-state index contributed by atoms with van der Waals surface area (Å²) in [6, 6.07) is 2.56. The van der Waals surface area contributed by atoms with E-state index in [1.54, 1.807) is 6.92 Å². The molecule has 1 N–H and O–H groups in total. The van der Waals surface area contributed by atoms with Gasteiger partial charge in [0.2, 0.25) is 0 Å². The highest BCUT2D eigenvalue weighted by molar-refractivity contribution is 5.69. The zero-order chi connectivity index (χ0) is 12.7. The number of rotatable bonds is 5. The van der Waals surface area contributed by atoms with E-state index in [0.29, 0.717) is 19.1 Å². The molecule has 0 radical (unpaired) electrons. The molecule has 0 heterocycles. The van der Waals surface area contributed by atoms with Gasteiger partial charge in [0.25, 0.3) is 0 Å². The molecule has 0 bridgehead atoms. The topological polar surface area (TPSA) is 64.3 Å². The number of carboxylic acids is 1. The zero-order valence-corrected chi connectivity index (χ0v) is 10.6. The molecule has 0 saturated heterocycles. The Morgan fingerprint density at radius 2 is 2.00 bits per heavy atom. The van der Waals surface area contributed by atoms with Crippen molar-refractivity contribution in [2.24, 2.45) is 5.92 Å². The van der Waals surface area contributed by atoms with Gasteiger partial charge in [-0.1, -0.05) is 32.6 Å². The molecule has 1 rings (SSSR count). The quantitative estimate of drug-likeness (QED) is 0.589. The molecule has 0 aliphatic heterocycles. The van der Waals surface area contributed by atoms with Crippen LogP contribution in [0.1, 0.15) is 45.4 Å². The first-order valence-electron chi connectivity index (χ1n) is 6.49. The number of nitrogens with zero attached hydrogens (tertiary/aromatic N) is 2. The van der Waals surface area contributed by atoms with Crippen LogP contribution >= 0.6 is 0 Å². The number of hydrogen-bond donors (Lipinski definition) is 1. The Kier molecular flexibility index (Phi) is 5.99. The summed E-state index contributed by atoms with van der Waals surface area (Å²) in [5.41, 5.74) is 0. The third-order valence-corrected chi connectivity index (χ3v) is 3.54. The van der Waals surface area contributed by atoms with Gasteiger partial charge in [-0.15, -0.1) is 0 Å². The van der Waals surface area contributed by atoms with Crippen LogP contribution in [0.3, 0.4) is 0 Å². The summed E-state index contributed by atoms with van der Waals surface area (Å²) in [7, 11) is 0.